The summed E-state index contributed by atoms with van der Waals surface area (Å²) in [7, 11) is 0. The lowest BCUT2D eigenvalue weighted by atomic mass is 9.84. The third-order valence-corrected chi connectivity index (χ3v) is 16.6. The van der Waals surface area contributed by atoms with Crippen molar-refractivity contribution in [3.05, 3.63) is 59.7 Å². The van der Waals surface area contributed by atoms with Crippen molar-refractivity contribution in [2.75, 3.05) is 12.3 Å². The van der Waals surface area contributed by atoms with Crippen molar-refractivity contribution in [3.63, 3.8) is 0 Å². The molecule has 2 aromatic rings. The minimum absolute atomic E-state index is 0.669. The van der Waals surface area contributed by atoms with E-state index in [0.29, 0.717) is 11.8 Å². The largest absolute Gasteiger partial charge is 0.137 e. The summed E-state index contributed by atoms with van der Waals surface area (Å²) < 4.78 is 0. The van der Waals surface area contributed by atoms with Gasteiger partial charge in [0.15, 0.2) is 0 Å². The minimum atomic E-state index is -1.90. The van der Waals surface area contributed by atoms with E-state index < -0.39 is 10.5 Å². The normalized spacial score (nSPS) is 21.9. The smallest absolute Gasteiger partial charge is 0.0311 e. The van der Waals surface area contributed by atoms with Gasteiger partial charge >= 0.3 is 0 Å². The fraction of sp³-hybridized carbons (Fsp3) is 0.556. The summed E-state index contributed by atoms with van der Waals surface area (Å²) in [5.41, 5.74) is 2.98. The second-order valence-corrected chi connectivity index (χ2v) is 24.1. The highest BCUT2D eigenvalue weighted by atomic mass is 32.9. The molecule has 0 aromatic heterocycles. The van der Waals surface area contributed by atoms with Crippen LogP contribution in [0.2, 0.25) is 0 Å². The average Bonchev–Trinajstić information content (AvgIpc) is 2.85. The molecule has 2 atom stereocenters. The molecule has 2 aliphatic carbocycles. The van der Waals surface area contributed by atoms with Gasteiger partial charge in [0.05, 0.1) is 0 Å². The second-order valence-electron chi connectivity index (χ2n) is 9.99. The summed E-state index contributed by atoms with van der Waals surface area (Å²) in [6, 6.07) is 17.9. The molecular formula is C27H38P2S4. The molecule has 0 spiro atoms. The molecule has 0 nitrogen and oxygen atoms in total. The third kappa shape index (κ3) is 6.81. The molecule has 2 unspecified atom stereocenters. The van der Waals surface area contributed by atoms with Gasteiger partial charge in [0, 0.05) is 10.5 Å². The lowest BCUT2D eigenvalue weighted by Crippen LogP contribution is -2.18. The summed E-state index contributed by atoms with van der Waals surface area (Å²) >= 11 is 22.8. The van der Waals surface area contributed by atoms with Crippen LogP contribution in [-0.4, -0.2) is 12.3 Å². The van der Waals surface area contributed by atoms with Gasteiger partial charge in [0.25, 0.3) is 0 Å². The van der Waals surface area contributed by atoms with Crippen LogP contribution < -0.4 is 10.6 Å². The van der Waals surface area contributed by atoms with Crippen LogP contribution in [0.1, 0.15) is 93.6 Å². The van der Waals surface area contributed by atoms with E-state index in [2.05, 4.69) is 48.5 Å². The van der Waals surface area contributed by atoms with Crippen molar-refractivity contribution in [1.82, 2.24) is 0 Å². The molecule has 2 aliphatic rings. The lowest BCUT2D eigenvalue weighted by Gasteiger charge is -2.29. The molecule has 2 saturated carbocycles. The zero-order chi connectivity index (χ0) is 23.3. The lowest BCUT2D eigenvalue weighted by molar-refractivity contribution is 0.445. The summed E-state index contributed by atoms with van der Waals surface area (Å²) in [6.45, 7) is 0. The van der Waals surface area contributed by atoms with E-state index in [1.807, 2.05) is 0 Å². The van der Waals surface area contributed by atoms with Crippen LogP contribution in [0.4, 0.5) is 0 Å². The summed E-state index contributed by atoms with van der Waals surface area (Å²) in [4.78, 5) is 0. The Morgan fingerprint density at radius 2 is 0.970 bits per heavy atom. The predicted molar refractivity (Wildman–Crippen MR) is 165 cm³/mol. The molecule has 4 rings (SSSR count). The maximum Gasteiger partial charge on any atom is 0.0311 e. The van der Waals surface area contributed by atoms with Crippen molar-refractivity contribution in [1.29, 1.82) is 0 Å². The highest BCUT2D eigenvalue weighted by Crippen LogP contribution is 2.56. The minimum Gasteiger partial charge on any atom is -0.137 e. The Hall–Kier alpha value is 0.440. The monoisotopic (exact) mass is 552 g/mol. The highest BCUT2D eigenvalue weighted by Gasteiger charge is 2.27. The fourth-order valence-corrected chi connectivity index (χ4v) is 13.4. The highest BCUT2D eigenvalue weighted by molar-refractivity contribution is 8.66. The van der Waals surface area contributed by atoms with Crippen LogP contribution in [0.3, 0.4) is 0 Å². The van der Waals surface area contributed by atoms with E-state index in [1.54, 1.807) is 0 Å². The molecule has 0 saturated heterocycles. The zero-order valence-electron chi connectivity index (χ0n) is 19.6. The number of hydrogen-bond acceptors (Lipinski definition) is 2. The van der Waals surface area contributed by atoms with Gasteiger partial charge in [-0.05, 0) is 78.0 Å². The molecule has 0 bridgehead atoms. The van der Waals surface area contributed by atoms with Crippen LogP contribution in [0.5, 0.6) is 0 Å². The Morgan fingerprint density at radius 1 is 0.606 bits per heavy atom. The fourth-order valence-electron chi connectivity index (χ4n) is 5.87. The molecule has 0 amide bonds. The van der Waals surface area contributed by atoms with E-state index in [0.717, 1.165) is 18.7 Å². The van der Waals surface area contributed by atoms with E-state index in [-0.39, 0.29) is 0 Å². The van der Waals surface area contributed by atoms with Gasteiger partial charge in [-0.2, -0.15) is 0 Å². The zero-order valence-corrected chi connectivity index (χ0v) is 24.8. The van der Waals surface area contributed by atoms with Gasteiger partial charge in [0.2, 0.25) is 0 Å². The van der Waals surface area contributed by atoms with Crippen molar-refractivity contribution in [2.45, 2.75) is 82.5 Å². The molecule has 0 heterocycles. The van der Waals surface area contributed by atoms with Crippen LogP contribution in [0.15, 0.2) is 48.5 Å². The third-order valence-electron chi connectivity index (χ3n) is 7.64. The number of hydrogen-bond donors (Lipinski definition) is 2. The average molecular weight is 553 g/mol. The maximum atomic E-state index is 6.23. The Labute approximate surface area is 222 Å². The SMILES string of the molecule is S=P(S)(CCCP(=S)(S)c1ccccc1C1CCCCC1)c1ccccc1C1CCCCC1. The van der Waals surface area contributed by atoms with E-state index in [9.17, 15) is 0 Å². The molecule has 6 heteroatoms. The Kier molecular flexibility index (Phi) is 9.73. The number of rotatable bonds is 8. The first kappa shape index (κ1) is 26.5. The number of thiol groups is 2. The molecule has 0 N–H and O–H groups in total. The Bertz CT molecular complexity index is 941. The van der Waals surface area contributed by atoms with E-state index in [1.165, 1.54) is 85.9 Å². The van der Waals surface area contributed by atoms with Crippen molar-refractivity contribution >= 4 is 69.2 Å². The van der Waals surface area contributed by atoms with Crippen LogP contribution >= 0.6 is 35.0 Å². The molecule has 180 valence electrons. The molecular weight excluding hydrogens is 515 g/mol. The predicted octanol–water partition coefficient (Wildman–Crippen LogP) is 8.77. The maximum absolute atomic E-state index is 6.23. The Balaban J connectivity index is 1.46. The van der Waals surface area contributed by atoms with Gasteiger partial charge < -0.3 is 0 Å². The van der Waals surface area contributed by atoms with Gasteiger partial charge in [0.1, 0.15) is 0 Å². The van der Waals surface area contributed by atoms with Gasteiger partial charge in [-0.15, -0.1) is 24.5 Å². The van der Waals surface area contributed by atoms with Crippen LogP contribution in [0.25, 0.3) is 0 Å². The first-order valence-electron chi connectivity index (χ1n) is 12.7. The quantitative estimate of drug-likeness (QED) is 0.248. The summed E-state index contributed by atoms with van der Waals surface area (Å²) in [6.07, 6.45) is 16.3. The van der Waals surface area contributed by atoms with Crippen molar-refractivity contribution < 1.29 is 0 Å². The number of benzene rings is 2. The van der Waals surface area contributed by atoms with Crippen molar-refractivity contribution in [3.8, 4) is 0 Å². The van der Waals surface area contributed by atoms with Gasteiger partial charge in [-0.1, -0.05) is 111 Å². The standard InChI is InChI=1S/C27H38P2S4/c30-28(31,26-18-9-7-16-24(26)22-12-3-1-4-13-22)20-11-21-29(32,33)27-19-10-8-17-25(27)23-14-5-2-6-15-23/h7-10,16-19,22-23H,1-6,11-15,20-21H2,(H,30,31)(H,32,33). The molecule has 2 fully saturated rings. The van der Waals surface area contributed by atoms with E-state index >= 15 is 0 Å². The summed E-state index contributed by atoms with van der Waals surface area (Å²) in [5, 5.41) is -1.07. The molecule has 2 aromatic carbocycles. The van der Waals surface area contributed by atoms with Gasteiger partial charge in [-0.3, -0.25) is 0 Å². The van der Waals surface area contributed by atoms with Gasteiger partial charge in [-0.25, -0.2) is 0 Å². The molecule has 33 heavy (non-hydrogen) atoms. The van der Waals surface area contributed by atoms with Crippen LogP contribution in [-0.2, 0) is 23.6 Å². The van der Waals surface area contributed by atoms with Crippen molar-refractivity contribution in [2.24, 2.45) is 0 Å². The molecule has 0 radical (unpaired) electrons. The Morgan fingerprint density at radius 3 is 1.36 bits per heavy atom. The second kappa shape index (κ2) is 12.1. The first-order chi connectivity index (χ1) is 15.9. The summed E-state index contributed by atoms with van der Waals surface area (Å²) in [5.74, 6) is 1.34. The molecule has 0 aliphatic heterocycles. The first-order valence-corrected chi connectivity index (χ1v) is 21.0. The topological polar surface area (TPSA) is 0 Å². The van der Waals surface area contributed by atoms with E-state index in [4.69, 9.17) is 48.1 Å². The van der Waals surface area contributed by atoms with Crippen LogP contribution in [0, 0.1) is 0 Å².